The van der Waals surface area contributed by atoms with Gasteiger partial charge in [-0.2, -0.15) is 13.9 Å². The molecule has 102 valence electrons. The molecule has 2 rings (SSSR count). The normalized spacial score (nSPS) is 11.5. The van der Waals surface area contributed by atoms with Gasteiger partial charge in [0.05, 0.1) is 18.4 Å². The standard InChI is InChI=1S/C11H11F2N3O3/c1-11(12,13)9-3-2-8(19-9)6-16-5-7(4-14-16)15-10(17)18/h2-5,15H,6H2,1H3,(H,17,18). The zero-order chi connectivity index (χ0) is 14.0. The molecule has 2 N–H and O–H groups in total. The summed E-state index contributed by atoms with van der Waals surface area (Å²) in [6, 6.07) is 2.63. The quantitative estimate of drug-likeness (QED) is 0.895. The van der Waals surface area contributed by atoms with Gasteiger partial charge in [-0.05, 0) is 12.1 Å². The van der Waals surface area contributed by atoms with Gasteiger partial charge >= 0.3 is 12.0 Å². The van der Waals surface area contributed by atoms with E-state index in [4.69, 9.17) is 9.52 Å². The van der Waals surface area contributed by atoms with Gasteiger partial charge in [-0.1, -0.05) is 0 Å². The number of nitrogens with one attached hydrogen (secondary N) is 1. The molecule has 0 radical (unpaired) electrons. The third-order valence-electron chi connectivity index (χ3n) is 2.30. The van der Waals surface area contributed by atoms with Crippen LogP contribution < -0.4 is 5.32 Å². The molecule has 0 atom stereocenters. The summed E-state index contributed by atoms with van der Waals surface area (Å²) in [7, 11) is 0. The van der Waals surface area contributed by atoms with Crippen molar-refractivity contribution in [3.8, 4) is 0 Å². The van der Waals surface area contributed by atoms with Crippen LogP contribution in [0, 0.1) is 0 Å². The van der Waals surface area contributed by atoms with Gasteiger partial charge in [-0.3, -0.25) is 10.00 Å². The molecular weight excluding hydrogens is 260 g/mol. The molecule has 0 saturated heterocycles. The first-order chi connectivity index (χ1) is 8.84. The molecule has 19 heavy (non-hydrogen) atoms. The van der Waals surface area contributed by atoms with Crippen molar-refractivity contribution in [2.75, 3.05) is 5.32 Å². The Bertz CT molecular complexity index is 586. The molecule has 0 unspecified atom stereocenters. The highest BCUT2D eigenvalue weighted by molar-refractivity contribution is 5.82. The Hall–Kier alpha value is -2.38. The average Bonchev–Trinajstić information content (AvgIpc) is 2.86. The van der Waals surface area contributed by atoms with E-state index in [0.717, 1.165) is 6.92 Å². The molecule has 2 heterocycles. The minimum atomic E-state index is -3.03. The molecule has 1 amide bonds. The van der Waals surface area contributed by atoms with Crippen LogP contribution in [0.15, 0.2) is 28.9 Å². The van der Waals surface area contributed by atoms with Crippen LogP contribution in [0.3, 0.4) is 0 Å². The summed E-state index contributed by atoms with van der Waals surface area (Å²) in [6.07, 6.45) is 1.54. The van der Waals surface area contributed by atoms with Gasteiger partial charge in [0, 0.05) is 13.1 Å². The van der Waals surface area contributed by atoms with E-state index in [-0.39, 0.29) is 6.54 Å². The Kier molecular flexibility index (Phi) is 3.24. The highest BCUT2D eigenvalue weighted by Crippen LogP contribution is 2.28. The number of hydrogen-bond acceptors (Lipinski definition) is 3. The molecule has 0 aliphatic heterocycles. The molecule has 2 aromatic heterocycles. The second-order valence-electron chi connectivity index (χ2n) is 4.01. The van der Waals surface area contributed by atoms with Crippen molar-refractivity contribution in [2.24, 2.45) is 0 Å². The lowest BCUT2D eigenvalue weighted by Gasteiger charge is -2.05. The molecule has 6 nitrogen and oxygen atoms in total. The van der Waals surface area contributed by atoms with Crippen molar-refractivity contribution < 1.29 is 23.1 Å². The molecule has 8 heteroatoms. The molecule has 0 fully saturated rings. The number of amides is 1. The van der Waals surface area contributed by atoms with Gasteiger partial charge in [-0.25, -0.2) is 4.79 Å². The van der Waals surface area contributed by atoms with E-state index in [1.54, 1.807) is 0 Å². The molecule has 0 bridgehead atoms. The number of furan rings is 1. The average molecular weight is 271 g/mol. The van der Waals surface area contributed by atoms with Crippen molar-refractivity contribution in [1.82, 2.24) is 9.78 Å². The number of halogens is 2. The largest absolute Gasteiger partial charge is 0.465 e. The predicted octanol–water partition coefficient (Wildman–Crippen LogP) is 2.73. The third-order valence-corrected chi connectivity index (χ3v) is 2.30. The number of nitrogens with zero attached hydrogens (tertiary/aromatic N) is 2. The Morgan fingerprint density at radius 2 is 2.32 bits per heavy atom. The zero-order valence-electron chi connectivity index (χ0n) is 9.93. The Balaban J connectivity index is 2.07. The SMILES string of the molecule is CC(F)(F)c1ccc(Cn2cc(NC(=O)O)cn2)o1. The number of alkyl halides is 2. The van der Waals surface area contributed by atoms with Crippen LogP contribution in [0.25, 0.3) is 0 Å². The lowest BCUT2D eigenvalue weighted by Crippen LogP contribution is -2.06. The topological polar surface area (TPSA) is 80.3 Å². The first-order valence-electron chi connectivity index (χ1n) is 5.34. The molecule has 2 aromatic rings. The fourth-order valence-electron chi connectivity index (χ4n) is 1.50. The summed E-state index contributed by atoms with van der Waals surface area (Å²) in [5, 5.41) is 14.5. The summed E-state index contributed by atoms with van der Waals surface area (Å²) in [5.74, 6) is -3.14. The zero-order valence-corrected chi connectivity index (χ0v) is 9.93. The minimum absolute atomic E-state index is 0.136. The van der Waals surface area contributed by atoms with E-state index in [1.165, 1.54) is 29.2 Å². The number of rotatable bonds is 4. The summed E-state index contributed by atoms with van der Waals surface area (Å²) < 4.78 is 32.3. The van der Waals surface area contributed by atoms with Gasteiger partial charge in [-0.15, -0.1) is 0 Å². The molecule has 0 aliphatic rings. The van der Waals surface area contributed by atoms with Crippen LogP contribution in [-0.2, 0) is 12.5 Å². The second-order valence-corrected chi connectivity index (χ2v) is 4.01. The lowest BCUT2D eigenvalue weighted by atomic mass is 10.3. The summed E-state index contributed by atoms with van der Waals surface area (Å²) in [4.78, 5) is 10.4. The minimum Gasteiger partial charge on any atom is -0.465 e. The number of carbonyl (C=O) groups is 1. The maximum atomic E-state index is 13.0. The van der Waals surface area contributed by atoms with E-state index < -0.39 is 17.8 Å². The van der Waals surface area contributed by atoms with Crippen molar-refractivity contribution in [2.45, 2.75) is 19.4 Å². The van der Waals surface area contributed by atoms with Crippen LogP contribution in [0.4, 0.5) is 19.3 Å². The first-order valence-corrected chi connectivity index (χ1v) is 5.34. The highest BCUT2D eigenvalue weighted by Gasteiger charge is 2.28. The smallest absolute Gasteiger partial charge is 0.409 e. The van der Waals surface area contributed by atoms with Crippen molar-refractivity contribution in [3.63, 3.8) is 0 Å². The highest BCUT2D eigenvalue weighted by atomic mass is 19.3. The van der Waals surface area contributed by atoms with Gasteiger partial charge < -0.3 is 9.52 Å². The van der Waals surface area contributed by atoms with Crippen LogP contribution in [0.1, 0.15) is 18.4 Å². The van der Waals surface area contributed by atoms with Crippen LogP contribution in [0.2, 0.25) is 0 Å². The Labute approximate surface area is 106 Å². The number of aromatic nitrogens is 2. The monoisotopic (exact) mass is 271 g/mol. The van der Waals surface area contributed by atoms with E-state index in [1.807, 2.05) is 0 Å². The van der Waals surface area contributed by atoms with Crippen molar-refractivity contribution >= 4 is 11.8 Å². The fourth-order valence-corrected chi connectivity index (χ4v) is 1.50. The molecule has 0 spiro atoms. The predicted molar refractivity (Wildman–Crippen MR) is 61.3 cm³/mol. The van der Waals surface area contributed by atoms with E-state index >= 15 is 0 Å². The van der Waals surface area contributed by atoms with E-state index in [0.29, 0.717) is 11.4 Å². The fraction of sp³-hybridized carbons (Fsp3) is 0.273. The van der Waals surface area contributed by atoms with Gasteiger partial charge in [0.25, 0.3) is 0 Å². The van der Waals surface area contributed by atoms with E-state index in [9.17, 15) is 13.6 Å². The first kappa shape index (κ1) is 13.1. The van der Waals surface area contributed by atoms with Crippen LogP contribution >= 0.6 is 0 Å². The maximum absolute atomic E-state index is 13.0. The van der Waals surface area contributed by atoms with Crippen LogP contribution in [-0.4, -0.2) is 21.0 Å². The van der Waals surface area contributed by atoms with E-state index in [2.05, 4.69) is 10.4 Å². The Morgan fingerprint density at radius 1 is 1.58 bits per heavy atom. The molecule has 0 aliphatic carbocycles. The molecular formula is C11H11F2N3O3. The molecule has 0 aromatic carbocycles. The molecule has 0 saturated carbocycles. The van der Waals surface area contributed by atoms with Gasteiger partial charge in [0.2, 0.25) is 0 Å². The number of carboxylic acid groups (broad SMARTS) is 1. The summed E-state index contributed by atoms with van der Waals surface area (Å²) in [6.45, 7) is 0.885. The number of hydrogen-bond donors (Lipinski definition) is 2. The maximum Gasteiger partial charge on any atom is 0.409 e. The van der Waals surface area contributed by atoms with Crippen molar-refractivity contribution in [3.05, 3.63) is 36.0 Å². The Morgan fingerprint density at radius 3 is 2.89 bits per heavy atom. The summed E-state index contributed by atoms with van der Waals surface area (Å²) in [5.41, 5.74) is 0.292. The number of anilines is 1. The van der Waals surface area contributed by atoms with Crippen LogP contribution in [0.5, 0.6) is 0 Å². The van der Waals surface area contributed by atoms with Gasteiger partial charge in [0.15, 0.2) is 5.76 Å². The third kappa shape index (κ3) is 3.30. The second kappa shape index (κ2) is 4.71. The van der Waals surface area contributed by atoms with Crippen molar-refractivity contribution in [1.29, 1.82) is 0 Å². The lowest BCUT2D eigenvalue weighted by molar-refractivity contribution is -0.00636. The van der Waals surface area contributed by atoms with Gasteiger partial charge in [0.1, 0.15) is 5.76 Å². The summed E-state index contributed by atoms with van der Waals surface area (Å²) >= 11 is 0.